The van der Waals surface area contributed by atoms with Crippen LogP contribution in [-0.4, -0.2) is 24.4 Å². The molecule has 20 heavy (non-hydrogen) atoms. The van der Waals surface area contributed by atoms with Crippen molar-refractivity contribution in [1.82, 2.24) is 5.32 Å². The third-order valence-corrected chi connectivity index (χ3v) is 4.14. The van der Waals surface area contributed by atoms with Gasteiger partial charge in [-0.1, -0.05) is 36.4 Å². The van der Waals surface area contributed by atoms with E-state index in [1.807, 2.05) is 18.2 Å². The van der Waals surface area contributed by atoms with Crippen molar-refractivity contribution in [2.24, 2.45) is 0 Å². The lowest BCUT2D eigenvalue weighted by molar-refractivity contribution is 0.121. The van der Waals surface area contributed by atoms with Gasteiger partial charge >= 0.3 is 6.09 Å². The topological polar surface area (TPSA) is 58.6 Å². The van der Waals surface area contributed by atoms with Gasteiger partial charge in [0.25, 0.3) is 0 Å². The molecule has 1 aliphatic rings. The van der Waals surface area contributed by atoms with Crippen LogP contribution in [0.5, 0.6) is 0 Å². The summed E-state index contributed by atoms with van der Waals surface area (Å²) >= 11 is 6.27. The number of aliphatic hydroxyl groups is 1. The Morgan fingerprint density at radius 1 is 1.55 bits per heavy atom. The second kappa shape index (κ2) is 5.85. The SMILES string of the molecule is C=C1C(O)CCCC1(NC(=O)OC)c1ccccc1Cl. The van der Waals surface area contributed by atoms with E-state index in [1.165, 1.54) is 7.11 Å². The fraction of sp³-hybridized carbons (Fsp3) is 0.400. The van der Waals surface area contributed by atoms with Crippen LogP contribution in [0.2, 0.25) is 5.02 Å². The first-order chi connectivity index (χ1) is 9.51. The molecular formula is C15H18ClNO3. The van der Waals surface area contributed by atoms with E-state index in [-0.39, 0.29) is 0 Å². The largest absolute Gasteiger partial charge is 0.453 e. The highest BCUT2D eigenvalue weighted by atomic mass is 35.5. The second-order valence-corrected chi connectivity index (χ2v) is 5.34. The highest BCUT2D eigenvalue weighted by Gasteiger charge is 2.43. The van der Waals surface area contributed by atoms with Gasteiger partial charge in [-0.3, -0.25) is 0 Å². The minimum Gasteiger partial charge on any atom is -0.453 e. The zero-order valence-corrected chi connectivity index (χ0v) is 12.1. The van der Waals surface area contributed by atoms with Crippen LogP contribution < -0.4 is 5.32 Å². The third-order valence-electron chi connectivity index (χ3n) is 3.81. The maximum absolute atomic E-state index is 11.7. The van der Waals surface area contributed by atoms with Crippen molar-refractivity contribution in [3.05, 3.63) is 47.0 Å². The lowest BCUT2D eigenvalue weighted by Crippen LogP contribution is -2.51. The molecule has 1 saturated carbocycles. The lowest BCUT2D eigenvalue weighted by atomic mass is 9.72. The molecule has 2 rings (SSSR count). The van der Waals surface area contributed by atoms with Crippen molar-refractivity contribution in [1.29, 1.82) is 0 Å². The van der Waals surface area contributed by atoms with Crippen LogP contribution in [0.3, 0.4) is 0 Å². The van der Waals surface area contributed by atoms with E-state index < -0.39 is 17.7 Å². The molecule has 0 heterocycles. The molecular weight excluding hydrogens is 278 g/mol. The first-order valence-electron chi connectivity index (χ1n) is 6.50. The van der Waals surface area contributed by atoms with Crippen molar-refractivity contribution in [2.45, 2.75) is 30.9 Å². The molecule has 2 unspecified atom stereocenters. The summed E-state index contributed by atoms with van der Waals surface area (Å²) in [4.78, 5) is 11.7. The first kappa shape index (κ1) is 14.9. The smallest absolute Gasteiger partial charge is 0.407 e. The number of carbonyl (C=O) groups excluding carboxylic acids is 1. The number of alkyl carbamates (subject to hydrolysis) is 1. The Kier molecular flexibility index (Phi) is 4.35. The van der Waals surface area contributed by atoms with Gasteiger partial charge in [0.15, 0.2) is 0 Å². The molecule has 0 aliphatic heterocycles. The normalized spacial score (nSPS) is 26.1. The minimum absolute atomic E-state index is 0.527. The van der Waals surface area contributed by atoms with Gasteiger partial charge in [-0.2, -0.15) is 0 Å². The first-order valence-corrected chi connectivity index (χ1v) is 6.87. The van der Waals surface area contributed by atoms with Gasteiger partial charge in [-0.25, -0.2) is 4.79 Å². The van der Waals surface area contributed by atoms with Crippen LogP contribution >= 0.6 is 11.6 Å². The lowest BCUT2D eigenvalue weighted by Gasteiger charge is -2.42. The van der Waals surface area contributed by atoms with Crippen LogP contribution in [0.4, 0.5) is 4.79 Å². The molecule has 4 nitrogen and oxygen atoms in total. The van der Waals surface area contributed by atoms with Gasteiger partial charge < -0.3 is 15.2 Å². The van der Waals surface area contributed by atoms with Gasteiger partial charge in [-0.15, -0.1) is 0 Å². The summed E-state index contributed by atoms with van der Waals surface area (Å²) in [6.45, 7) is 3.97. The monoisotopic (exact) mass is 295 g/mol. The molecule has 0 bridgehead atoms. The molecule has 2 N–H and O–H groups in total. The number of aliphatic hydroxyl groups excluding tert-OH is 1. The quantitative estimate of drug-likeness (QED) is 0.825. The summed E-state index contributed by atoms with van der Waals surface area (Å²) in [7, 11) is 1.30. The maximum atomic E-state index is 11.7. The van der Waals surface area contributed by atoms with Gasteiger partial charge in [0.05, 0.1) is 18.8 Å². The van der Waals surface area contributed by atoms with Gasteiger partial charge in [0.1, 0.15) is 0 Å². The molecule has 1 aromatic carbocycles. The van der Waals surface area contributed by atoms with E-state index in [0.29, 0.717) is 23.4 Å². The summed E-state index contributed by atoms with van der Waals surface area (Å²) in [6, 6.07) is 7.25. The molecule has 1 fully saturated rings. The van der Waals surface area contributed by atoms with E-state index in [0.717, 1.165) is 12.0 Å². The molecule has 1 aliphatic carbocycles. The summed E-state index contributed by atoms with van der Waals surface area (Å²) in [6.07, 6.45) is 0.780. The number of rotatable bonds is 2. The number of benzene rings is 1. The standard InChI is InChI=1S/C15H18ClNO3/c1-10-13(18)8-5-9-15(10,17-14(19)20-2)11-6-3-4-7-12(11)16/h3-4,6-7,13,18H,1,5,8-9H2,2H3,(H,17,19). The predicted octanol–water partition coefficient (Wildman–Crippen LogP) is 2.99. The fourth-order valence-corrected chi connectivity index (χ4v) is 3.03. The number of ether oxygens (including phenoxy) is 1. The van der Waals surface area contributed by atoms with Crippen LogP contribution in [0.1, 0.15) is 24.8 Å². The molecule has 0 spiro atoms. The molecule has 0 aromatic heterocycles. The molecule has 0 saturated heterocycles. The summed E-state index contributed by atoms with van der Waals surface area (Å²) in [5.74, 6) is 0. The number of carbonyl (C=O) groups is 1. The van der Waals surface area contributed by atoms with Crippen molar-refractivity contribution >= 4 is 17.7 Å². The molecule has 1 amide bonds. The number of nitrogens with one attached hydrogen (secondary N) is 1. The van der Waals surface area contributed by atoms with Crippen molar-refractivity contribution in [3.8, 4) is 0 Å². The van der Waals surface area contributed by atoms with Crippen molar-refractivity contribution in [3.63, 3.8) is 0 Å². The number of amides is 1. The molecule has 5 heteroatoms. The Morgan fingerprint density at radius 3 is 2.90 bits per heavy atom. The Labute approximate surface area is 123 Å². The molecule has 1 aromatic rings. The molecule has 108 valence electrons. The predicted molar refractivity (Wildman–Crippen MR) is 77.7 cm³/mol. The zero-order valence-electron chi connectivity index (χ0n) is 11.4. The van der Waals surface area contributed by atoms with Crippen LogP contribution in [0.25, 0.3) is 0 Å². The average molecular weight is 296 g/mol. The Morgan fingerprint density at radius 2 is 2.25 bits per heavy atom. The highest BCUT2D eigenvalue weighted by molar-refractivity contribution is 6.31. The zero-order chi connectivity index (χ0) is 14.8. The number of hydrogen-bond acceptors (Lipinski definition) is 3. The Bertz CT molecular complexity index is 532. The average Bonchev–Trinajstić information content (AvgIpc) is 2.44. The Balaban J connectivity index is 2.52. The van der Waals surface area contributed by atoms with Gasteiger partial charge in [0.2, 0.25) is 0 Å². The Hall–Kier alpha value is -1.52. The number of methoxy groups -OCH3 is 1. The maximum Gasteiger partial charge on any atom is 0.407 e. The second-order valence-electron chi connectivity index (χ2n) is 4.94. The summed E-state index contributed by atoms with van der Waals surface area (Å²) in [5.41, 5.74) is 0.390. The van der Waals surface area contributed by atoms with Crippen LogP contribution in [-0.2, 0) is 10.3 Å². The van der Waals surface area contributed by atoms with E-state index >= 15 is 0 Å². The molecule has 0 radical (unpaired) electrons. The van der Waals surface area contributed by atoms with E-state index in [2.05, 4.69) is 11.9 Å². The third kappa shape index (κ3) is 2.53. The van der Waals surface area contributed by atoms with E-state index in [1.54, 1.807) is 6.07 Å². The fourth-order valence-electron chi connectivity index (χ4n) is 2.73. The summed E-state index contributed by atoms with van der Waals surface area (Å²) < 4.78 is 4.71. The van der Waals surface area contributed by atoms with Crippen molar-refractivity contribution in [2.75, 3.05) is 7.11 Å². The van der Waals surface area contributed by atoms with E-state index in [9.17, 15) is 9.90 Å². The molecule has 2 atom stereocenters. The minimum atomic E-state index is -0.886. The van der Waals surface area contributed by atoms with Gasteiger partial charge in [0, 0.05) is 10.6 Å². The van der Waals surface area contributed by atoms with Crippen molar-refractivity contribution < 1.29 is 14.6 Å². The van der Waals surface area contributed by atoms with E-state index in [4.69, 9.17) is 16.3 Å². The van der Waals surface area contributed by atoms with Crippen LogP contribution in [0.15, 0.2) is 36.4 Å². The highest BCUT2D eigenvalue weighted by Crippen LogP contribution is 2.43. The van der Waals surface area contributed by atoms with Gasteiger partial charge in [-0.05, 0) is 30.9 Å². The summed E-state index contributed by atoms with van der Waals surface area (Å²) in [5, 5.41) is 13.5. The van der Waals surface area contributed by atoms with Crippen LogP contribution in [0, 0.1) is 0 Å². The number of hydrogen-bond donors (Lipinski definition) is 2. The number of halogens is 1.